The van der Waals surface area contributed by atoms with E-state index in [2.05, 4.69) is 0 Å². The van der Waals surface area contributed by atoms with Crippen molar-refractivity contribution in [3.63, 3.8) is 0 Å². The highest BCUT2D eigenvalue weighted by Crippen LogP contribution is 2.22. The number of amides is 1. The summed E-state index contributed by atoms with van der Waals surface area (Å²) >= 11 is 0. The minimum absolute atomic E-state index is 0.0425. The summed E-state index contributed by atoms with van der Waals surface area (Å²) in [6, 6.07) is -0.0425. The molecule has 1 aliphatic heterocycles. The van der Waals surface area contributed by atoms with Crippen molar-refractivity contribution in [2.45, 2.75) is 45.3 Å². The van der Waals surface area contributed by atoms with Crippen molar-refractivity contribution in [3.8, 4) is 0 Å². The Kier molecular flexibility index (Phi) is 4.20. The van der Waals surface area contributed by atoms with E-state index in [-0.39, 0.29) is 18.2 Å². The van der Waals surface area contributed by atoms with Crippen LogP contribution < -0.4 is 0 Å². The van der Waals surface area contributed by atoms with Gasteiger partial charge in [-0.25, -0.2) is 4.79 Å². The number of ether oxygens (including phenoxy) is 1. The van der Waals surface area contributed by atoms with E-state index in [0.717, 1.165) is 12.8 Å². The number of aliphatic hydroxyl groups is 1. The van der Waals surface area contributed by atoms with Gasteiger partial charge < -0.3 is 14.7 Å². The Morgan fingerprint density at radius 1 is 1.57 bits per heavy atom. The molecule has 0 radical (unpaired) electrons. The summed E-state index contributed by atoms with van der Waals surface area (Å²) in [6.45, 7) is 4.85. The molecule has 0 saturated carbocycles. The minimum atomic E-state index is -0.376. The van der Waals surface area contributed by atoms with Gasteiger partial charge in [-0.1, -0.05) is 13.3 Å². The highest BCUT2D eigenvalue weighted by atomic mass is 16.6. The topological polar surface area (TPSA) is 49.8 Å². The van der Waals surface area contributed by atoms with E-state index in [9.17, 15) is 9.90 Å². The molecule has 2 unspecified atom stereocenters. The van der Waals surface area contributed by atoms with Crippen LogP contribution in [0.4, 0.5) is 4.79 Å². The Bertz CT molecular complexity index is 196. The normalized spacial score (nSPS) is 26.6. The Morgan fingerprint density at radius 3 is 2.86 bits per heavy atom. The summed E-state index contributed by atoms with van der Waals surface area (Å²) in [7, 11) is 0. The van der Waals surface area contributed by atoms with Crippen LogP contribution in [-0.4, -0.2) is 41.4 Å². The van der Waals surface area contributed by atoms with E-state index in [1.165, 1.54) is 0 Å². The molecular formula is C10H19NO3. The average Bonchev–Trinajstić information content (AvgIpc) is 2.50. The first-order valence-electron chi connectivity index (χ1n) is 5.32. The van der Waals surface area contributed by atoms with Crippen LogP contribution in [0.25, 0.3) is 0 Å². The molecule has 1 heterocycles. The number of hydrogen-bond acceptors (Lipinski definition) is 3. The van der Waals surface area contributed by atoms with Crippen molar-refractivity contribution in [2.75, 3.05) is 13.2 Å². The van der Waals surface area contributed by atoms with Crippen molar-refractivity contribution in [1.82, 2.24) is 4.90 Å². The van der Waals surface area contributed by atoms with Crippen molar-refractivity contribution < 1.29 is 14.6 Å². The molecular weight excluding hydrogens is 182 g/mol. The van der Waals surface area contributed by atoms with Gasteiger partial charge in [0.25, 0.3) is 0 Å². The molecule has 1 aliphatic rings. The molecule has 1 saturated heterocycles. The van der Waals surface area contributed by atoms with Crippen molar-refractivity contribution in [3.05, 3.63) is 0 Å². The van der Waals surface area contributed by atoms with Crippen LogP contribution in [-0.2, 0) is 4.74 Å². The van der Waals surface area contributed by atoms with Gasteiger partial charge in [-0.05, 0) is 19.8 Å². The maximum atomic E-state index is 11.5. The lowest BCUT2D eigenvalue weighted by Gasteiger charge is -2.24. The fourth-order valence-electron chi connectivity index (χ4n) is 1.91. The smallest absolute Gasteiger partial charge is 0.410 e. The number of likely N-dealkylation sites (tertiary alicyclic amines) is 1. The van der Waals surface area contributed by atoms with Gasteiger partial charge in [0.1, 0.15) is 0 Å². The van der Waals surface area contributed by atoms with E-state index in [0.29, 0.717) is 19.6 Å². The Labute approximate surface area is 84.8 Å². The predicted octanol–water partition coefficient (Wildman–Crippen LogP) is 1.38. The SMILES string of the molecule is CCCC1C(O)CCN1C(=O)OCC. The summed E-state index contributed by atoms with van der Waals surface area (Å²) in [6.07, 6.45) is 1.82. The number of aliphatic hydroxyl groups excluding tert-OH is 1. The molecule has 0 aromatic carbocycles. The highest BCUT2D eigenvalue weighted by Gasteiger charge is 2.35. The second-order valence-electron chi connectivity index (χ2n) is 3.60. The standard InChI is InChI=1S/C10H19NO3/c1-3-5-8-9(12)6-7-11(8)10(13)14-4-2/h8-9,12H,3-7H2,1-2H3. The third-order valence-electron chi connectivity index (χ3n) is 2.60. The lowest BCUT2D eigenvalue weighted by molar-refractivity contribution is 0.0757. The first-order valence-corrected chi connectivity index (χ1v) is 5.32. The number of carbonyl (C=O) groups is 1. The Hall–Kier alpha value is -0.770. The Morgan fingerprint density at radius 2 is 2.29 bits per heavy atom. The van der Waals surface area contributed by atoms with Crippen LogP contribution in [0.5, 0.6) is 0 Å². The van der Waals surface area contributed by atoms with Gasteiger partial charge in [0.15, 0.2) is 0 Å². The summed E-state index contributed by atoms with van der Waals surface area (Å²) in [5.41, 5.74) is 0. The third kappa shape index (κ3) is 2.38. The molecule has 4 nitrogen and oxygen atoms in total. The summed E-state index contributed by atoms with van der Waals surface area (Å²) in [5.74, 6) is 0. The molecule has 0 aromatic heterocycles. The summed E-state index contributed by atoms with van der Waals surface area (Å²) < 4.78 is 4.93. The van der Waals surface area contributed by atoms with Gasteiger partial charge in [-0.15, -0.1) is 0 Å². The van der Waals surface area contributed by atoms with Crippen molar-refractivity contribution in [1.29, 1.82) is 0 Å². The van der Waals surface area contributed by atoms with Gasteiger partial charge in [0.2, 0.25) is 0 Å². The number of nitrogens with zero attached hydrogens (tertiary/aromatic N) is 1. The molecule has 0 aromatic rings. The fraction of sp³-hybridized carbons (Fsp3) is 0.900. The molecule has 1 amide bonds. The zero-order chi connectivity index (χ0) is 10.6. The molecule has 1 rings (SSSR count). The minimum Gasteiger partial charge on any atom is -0.450 e. The van der Waals surface area contributed by atoms with Crippen molar-refractivity contribution >= 4 is 6.09 Å². The maximum Gasteiger partial charge on any atom is 0.410 e. The lowest BCUT2D eigenvalue weighted by atomic mass is 10.1. The van der Waals surface area contributed by atoms with E-state index in [4.69, 9.17) is 4.74 Å². The zero-order valence-electron chi connectivity index (χ0n) is 8.90. The van der Waals surface area contributed by atoms with E-state index < -0.39 is 0 Å². The molecule has 2 atom stereocenters. The van der Waals surface area contributed by atoms with Crippen LogP contribution >= 0.6 is 0 Å². The molecule has 0 spiro atoms. The van der Waals surface area contributed by atoms with Crippen LogP contribution in [0, 0.1) is 0 Å². The number of rotatable bonds is 3. The molecule has 0 aliphatic carbocycles. The Balaban J connectivity index is 2.54. The monoisotopic (exact) mass is 201 g/mol. The van der Waals surface area contributed by atoms with Crippen LogP contribution in [0.1, 0.15) is 33.1 Å². The molecule has 14 heavy (non-hydrogen) atoms. The van der Waals surface area contributed by atoms with Crippen LogP contribution in [0.2, 0.25) is 0 Å². The van der Waals surface area contributed by atoms with E-state index >= 15 is 0 Å². The first kappa shape index (κ1) is 11.3. The lowest BCUT2D eigenvalue weighted by Crippen LogP contribution is -2.39. The van der Waals surface area contributed by atoms with Crippen molar-refractivity contribution in [2.24, 2.45) is 0 Å². The van der Waals surface area contributed by atoms with E-state index in [1.807, 2.05) is 6.92 Å². The van der Waals surface area contributed by atoms with Gasteiger partial charge in [0.05, 0.1) is 18.8 Å². The highest BCUT2D eigenvalue weighted by molar-refractivity contribution is 5.68. The second kappa shape index (κ2) is 5.20. The maximum absolute atomic E-state index is 11.5. The third-order valence-corrected chi connectivity index (χ3v) is 2.60. The first-order chi connectivity index (χ1) is 6.70. The second-order valence-corrected chi connectivity index (χ2v) is 3.60. The largest absolute Gasteiger partial charge is 0.450 e. The molecule has 4 heteroatoms. The van der Waals surface area contributed by atoms with Gasteiger partial charge >= 0.3 is 6.09 Å². The molecule has 0 bridgehead atoms. The average molecular weight is 201 g/mol. The van der Waals surface area contributed by atoms with Crippen LogP contribution in [0.3, 0.4) is 0 Å². The van der Waals surface area contributed by atoms with Gasteiger partial charge in [-0.3, -0.25) is 0 Å². The zero-order valence-corrected chi connectivity index (χ0v) is 8.90. The summed E-state index contributed by atoms with van der Waals surface area (Å²) in [5, 5.41) is 9.66. The van der Waals surface area contributed by atoms with Crippen LogP contribution in [0.15, 0.2) is 0 Å². The molecule has 82 valence electrons. The number of carbonyl (C=O) groups excluding carboxylic acids is 1. The fourth-order valence-corrected chi connectivity index (χ4v) is 1.91. The quantitative estimate of drug-likeness (QED) is 0.750. The summed E-state index contributed by atoms with van der Waals surface area (Å²) in [4.78, 5) is 13.1. The van der Waals surface area contributed by atoms with Gasteiger partial charge in [0, 0.05) is 6.54 Å². The van der Waals surface area contributed by atoms with Gasteiger partial charge in [-0.2, -0.15) is 0 Å². The molecule has 1 fully saturated rings. The predicted molar refractivity (Wildman–Crippen MR) is 53.0 cm³/mol. The number of hydrogen-bond donors (Lipinski definition) is 1. The molecule has 1 N–H and O–H groups in total. The van der Waals surface area contributed by atoms with E-state index in [1.54, 1.807) is 11.8 Å².